The number of nitrogens with zero attached hydrogens (tertiary/aromatic N) is 1. The van der Waals surface area contributed by atoms with E-state index < -0.39 is 0 Å². The lowest BCUT2D eigenvalue weighted by molar-refractivity contribution is 0.621. The van der Waals surface area contributed by atoms with E-state index in [1.807, 2.05) is 6.92 Å². The van der Waals surface area contributed by atoms with Crippen molar-refractivity contribution in [3.63, 3.8) is 0 Å². The minimum Gasteiger partial charge on any atom is -0.377 e. The molecule has 1 unspecified atom stereocenters. The zero-order valence-electron chi connectivity index (χ0n) is 9.32. The third kappa shape index (κ3) is 3.00. The minimum absolute atomic E-state index is 0.0424. The van der Waals surface area contributed by atoms with E-state index in [4.69, 9.17) is 0 Å². The fourth-order valence-electron chi connectivity index (χ4n) is 1.58. The van der Waals surface area contributed by atoms with E-state index in [1.54, 1.807) is 18.3 Å². The maximum atomic E-state index is 12.9. The van der Waals surface area contributed by atoms with E-state index in [9.17, 15) is 8.78 Å². The second kappa shape index (κ2) is 4.91. The molecule has 1 N–H and O–H groups in total. The Morgan fingerprint density at radius 1 is 1.06 bits per heavy atom. The van der Waals surface area contributed by atoms with Crippen molar-refractivity contribution < 1.29 is 8.78 Å². The summed E-state index contributed by atoms with van der Waals surface area (Å²) in [6.45, 7) is 1.91. The molecule has 0 spiro atoms. The molecule has 0 radical (unpaired) electrons. The zero-order chi connectivity index (χ0) is 12.3. The third-order valence-electron chi connectivity index (χ3n) is 2.46. The molecule has 17 heavy (non-hydrogen) atoms. The second-order valence-electron chi connectivity index (χ2n) is 3.81. The van der Waals surface area contributed by atoms with Gasteiger partial charge in [0.25, 0.3) is 0 Å². The van der Waals surface area contributed by atoms with Crippen LogP contribution < -0.4 is 5.32 Å². The van der Waals surface area contributed by atoms with Crippen LogP contribution in [0.5, 0.6) is 0 Å². The Bertz CT molecular complexity index is 497. The molecule has 0 amide bonds. The van der Waals surface area contributed by atoms with Crippen LogP contribution in [0.2, 0.25) is 0 Å². The van der Waals surface area contributed by atoms with Crippen LogP contribution in [0.25, 0.3) is 0 Å². The van der Waals surface area contributed by atoms with E-state index in [1.165, 1.54) is 18.2 Å². The predicted molar refractivity (Wildman–Crippen MR) is 62.6 cm³/mol. The molecule has 0 bridgehead atoms. The molecule has 2 nitrogen and oxygen atoms in total. The van der Waals surface area contributed by atoms with Crippen LogP contribution in [0.4, 0.5) is 14.5 Å². The molecule has 4 heteroatoms. The maximum Gasteiger partial charge on any atom is 0.143 e. The Morgan fingerprint density at radius 3 is 2.41 bits per heavy atom. The van der Waals surface area contributed by atoms with Crippen LogP contribution in [0.3, 0.4) is 0 Å². The van der Waals surface area contributed by atoms with Crippen LogP contribution in [0, 0.1) is 11.6 Å². The lowest BCUT2D eigenvalue weighted by Crippen LogP contribution is -2.07. The van der Waals surface area contributed by atoms with Crippen LogP contribution in [-0.2, 0) is 0 Å². The normalized spacial score (nSPS) is 12.2. The first-order chi connectivity index (χ1) is 8.15. The Kier molecular flexibility index (Phi) is 3.32. The molecule has 2 aromatic rings. The van der Waals surface area contributed by atoms with Crippen molar-refractivity contribution in [2.24, 2.45) is 0 Å². The Hall–Kier alpha value is -1.97. The van der Waals surface area contributed by atoms with Gasteiger partial charge in [-0.3, -0.25) is 4.98 Å². The molecular formula is C13H12F2N2. The van der Waals surface area contributed by atoms with Crippen molar-refractivity contribution in [3.05, 3.63) is 59.9 Å². The summed E-state index contributed by atoms with van der Waals surface area (Å²) in [5.41, 5.74) is 1.53. The topological polar surface area (TPSA) is 24.9 Å². The van der Waals surface area contributed by atoms with Crippen molar-refractivity contribution in [3.8, 4) is 0 Å². The molecule has 1 atom stereocenters. The number of hydrogen-bond donors (Lipinski definition) is 1. The summed E-state index contributed by atoms with van der Waals surface area (Å²) in [5.74, 6) is -0.658. The molecule has 1 aromatic carbocycles. The Labute approximate surface area is 98.3 Å². The average molecular weight is 234 g/mol. The minimum atomic E-state index is -0.388. The van der Waals surface area contributed by atoms with Crippen LogP contribution >= 0.6 is 0 Å². The van der Waals surface area contributed by atoms with Crippen LogP contribution in [-0.4, -0.2) is 4.98 Å². The van der Waals surface area contributed by atoms with E-state index >= 15 is 0 Å². The quantitative estimate of drug-likeness (QED) is 0.878. The lowest BCUT2D eigenvalue weighted by Gasteiger charge is -2.15. The summed E-state index contributed by atoms with van der Waals surface area (Å²) in [6.07, 6.45) is 2.69. The molecular weight excluding hydrogens is 222 g/mol. The number of halogens is 2. The number of benzene rings is 1. The number of anilines is 1. The van der Waals surface area contributed by atoms with Crippen LogP contribution in [0.1, 0.15) is 18.5 Å². The smallest absolute Gasteiger partial charge is 0.143 e. The first-order valence-electron chi connectivity index (χ1n) is 5.28. The highest BCUT2D eigenvalue weighted by Gasteiger charge is 2.05. The highest BCUT2D eigenvalue weighted by atomic mass is 19.1. The molecule has 2 rings (SSSR count). The van der Waals surface area contributed by atoms with E-state index in [0.717, 1.165) is 11.8 Å². The molecule has 88 valence electrons. The van der Waals surface area contributed by atoms with Gasteiger partial charge in [-0.2, -0.15) is 0 Å². The fraction of sp³-hybridized carbons (Fsp3) is 0.154. The summed E-state index contributed by atoms with van der Waals surface area (Å²) >= 11 is 0. The molecule has 0 fully saturated rings. The SMILES string of the molecule is CC(Nc1cncc(F)c1)c1ccc(F)cc1. The molecule has 0 saturated carbocycles. The van der Waals surface area contributed by atoms with Crippen LogP contribution in [0.15, 0.2) is 42.7 Å². The van der Waals surface area contributed by atoms with Crippen molar-refractivity contribution in [1.82, 2.24) is 4.98 Å². The molecule has 0 aliphatic carbocycles. The highest BCUT2D eigenvalue weighted by Crippen LogP contribution is 2.19. The summed E-state index contributed by atoms with van der Waals surface area (Å²) in [6, 6.07) is 7.51. The van der Waals surface area contributed by atoms with Gasteiger partial charge >= 0.3 is 0 Å². The number of aromatic nitrogens is 1. The fourth-order valence-corrected chi connectivity index (χ4v) is 1.58. The molecule has 0 aliphatic rings. The van der Waals surface area contributed by atoms with Gasteiger partial charge in [0.2, 0.25) is 0 Å². The standard InChI is InChI=1S/C13H12F2N2/c1-9(10-2-4-11(14)5-3-10)17-13-6-12(15)7-16-8-13/h2-9,17H,1H3. The largest absolute Gasteiger partial charge is 0.377 e. The Balaban J connectivity index is 2.11. The predicted octanol–water partition coefficient (Wildman–Crippen LogP) is 3.53. The highest BCUT2D eigenvalue weighted by molar-refractivity contribution is 5.43. The van der Waals surface area contributed by atoms with E-state index in [-0.39, 0.29) is 17.7 Å². The summed E-state index contributed by atoms with van der Waals surface area (Å²) in [7, 11) is 0. The van der Waals surface area contributed by atoms with Gasteiger partial charge in [-0.1, -0.05) is 12.1 Å². The molecule has 1 heterocycles. The number of rotatable bonds is 3. The van der Waals surface area contributed by atoms with Gasteiger partial charge < -0.3 is 5.32 Å². The number of hydrogen-bond acceptors (Lipinski definition) is 2. The van der Waals surface area contributed by atoms with Gasteiger partial charge in [0, 0.05) is 12.1 Å². The van der Waals surface area contributed by atoms with Gasteiger partial charge in [0.05, 0.1) is 18.1 Å². The lowest BCUT2D eigenvalue weighted by atomic mass is 10.1. The maximum absolute atomic E-state index is 12.9. The Morgan fingerprint density at radius 2 is 1.76 bits per heavy atom. The molecule has 0 aliphatic heterocycles. The molecule has 1 aromatic heterocycles. The van der Waals surface area contributed by atoms with Crippen molar-refractivity contribution in [2.45, 2.75) is 13.0 Å². The number of pyridine rings is 1. The zero-order valence-corrected chi connectivity index (χ0v) is 9.32. The van der Waals surface area contributed by atoms with Gasteiger partial charge in [0.1, 0.15) is 11.6 Å². The van der Waals surface area contributed by atoms with Gasteiger partial charge in [-0.05, 0) is 24.6 Å². The van der Waals surface area contributed by atoms with Gasteiger partial charge in [0.15, 0.2) is 0 Å². The second-order valence-corrected chi connectivity index (χ2v) is 3.81. The van der Waals surface area contributed by atoms with Crippen molar-refractivity contribution >= 4 is 5.69 Å². The first-order valence-corrected chi connectivity index (χ1v) is 5.28. The van der Waals surface area contributed by atoms with Crippen molar-refractivity contribution in [1.29, 1.82) is 0 Å². The average Bonchev–Trinajstić information content (AvgIpc) is 2.29. The summed E-state index contributed by atoms with van der Waals surface area (Å²) in [4.78, 5) is 3.75. The van der Waals surface area contributed by atoms with E-state index in [2.05, 4.69) is 10.3 Å². The third-order valence-corrected chi connectivity index (χ3v) is 2.46. The van der Waals surface area contributed by atoms with E-state index in [0.29, 0.717) is 5.69 Å². The van der Waals surface area contributed by atoms with Gasteiger partial charge in [-0.25, -0.2) is 8.78 Å². The van der Waals surface area contributed by atoms with Crippen molar-refractivity contribution in [2.75, 3.05) is 5.32 Å². The summed E-state index contributed by atoms with van der Waals surface area (Å²) in [5, 5.41) is 3.09. The van der Waals surface area contributed by atoms with Gasteiger partial charge in [-0.15, -0.1) is 0 Å². The molecule has 0 saturated heterocycles. The number of nitrogens with one attached hydrogen (secondary N) is 1. The summed E-state index contributed by atoms with van der Waals surface area (Å²) < 4.78 is 25.7. The monoisotopic (exact) mass is 234 g/mol. The first kappa shape index (κ1) is 11.5.